The molecule has 0 bridgehead atoms. The molecular formula is C30H36O5. The van der Waals surface area contributed by atoms with Gasteiger partial charge < -0.3 is 20.1 Å². The third-order valence-electron chi connectivity index (χ3n) is 6.15. The van der Waals surface area contributed by atoms with Crippen molar-refractivity contribution in [3.63, 3.8) is 0 Å². The molecule has 5 nitrogen and oxygen atoms in total. The van der Waals surface area contributed by atoms with Crippen LogP contribution in [0.15, 0.2) is 53.1 Å². The number of rotatable bonds is 7. The minimum atomic E-state index is -0.633. The molecule has 3 rings (SSSR count). The Morgan fingerprint density at radius 1 is 0.857 bits per heavy atom. The molecule has 35 heavy (non-hydrogen) atoms. The zero-order valence-electron chi connectivity index (χ0n) is 21.5. The number of ether oxygens (including phenoxy) is 1. The number of phenolic OH excluding ortho intramolecular Hbond substituents is 3. The van der Waals surface area contributed by atoms with E-state index in [1.165, 1.54) is 5.57 Å². The number of carbonyl (C=O) groups is 1. The van der Waals surface area contributed by atoms with Crippen LogP contribution in [0.5, 0.6) is 23.0 Å². The topological polar surface area (TPSA) is 87.0 Å². The maximum atomic E-state index is 13.3. The molecule has 0 aromatic heterocycles. The number of benzene rings is 2. The fraction of sp³-hybridized carbons (Fsp3) is 0.367. The van der Waals surface area contributed by atoms with Crippen LogP contribution >= 0.6 is 0 Å². The maximum Gasteiger partial charge on any atom is 0.174 e. The van der Waals surface area contributed by atoms with Crippen LogP contribution in [0, 0.1) is 0 Å². The summed E-state index contributed by atoms with van der Waals surface area (Å²) in [7, 11) is 0. The van der Waals surface area contributed by atoms with Gasteiger partial charge >= 0.3 is 0 Å². The Labute approximate surface area is 208 Å². The third-order valence-corrected chi connectivity index (χ3v) is 6.15. The minimum absolute atomic E-state index is 0.0300. The highest BCUT2D eigenvalue weighted by Crippen LogP contribution is 2.49. The second-order valence-electron chi connectivity index (χ2n) is 9.94. The first kappa shape index (κ1) is 26.1. The number of ketones is 1. The van der Waals surface area contributed by atoms with Crippen LogP contribution in [0.25, 0.3) is 0 Å². The van der Waals surface area contributed by atoms with Gasteiger partial charge in [-0.05, 0) is 78.0 Å². The Bertz CT molecular complexity index is 1220. The van der Waals surface area contributed by atoms with Gasteiger partial charge in [0, 0.05) is 11.1 Å². The summed E-state index contributed by atoms with van der Waals surface area (Å²) in [5.41, 5.74) is 5.67. The lowest BCUT2D eigenvalue weighted by molar-refractivity contribution is 0.0841. The summed E-state index contributed by atoms with van der Waals surface area (Å²) in [5, 5.41) is 32.7. The third kappa shape index (κ3) is 5.97. The summed E-state index contributed by atoms with van der Waals surface area (Å²) >= 11 is 0. The highest BCUT2D eigenvalue weighted by Gasteiger charge is 2.35. The number of allylic oxidation sites excluding steroid dienone is 6. The van der Waals surface area contributed by atoms with E-state index in [9.17, 15) is 20.1 Å². The van der Waals surface area contributed by atoms with Crippen molar-refractivity contribution in [1.82, 2.24) is 0 Å². The van der Waals surface area contributed by atoms with Crippen molar-refractivity contribution in [3.8, 4) is 23.0 Å². The summed E-state index contributed by atoms with van der Waals surface area (Å²) in [6.45, 7) is 11.8. The lowest BCUT2D eigenvalue weighted by Gasteiger charge is -2.29. The van der Waals surface area contributed by atoms with Crippen molar-refractivity contribution in [2.24, 2.45) is 0 Å². The Hall–Kier alpha value is -3.47. The Morgan fingerprint density at radius 2 is 1.43 bits per heavy atom. The van der Waals surface area contributed by atoms with Crippen LogP contribution < -0.4 is 4.74 Å². The summed E-state index contributed by atoms with van der Waals surface area (Å²) < 4.78 is 6.28. The zero-order chi connectivity index (χ0) is 25.9. The van der Waals surface area contributed by atoms with Crippen molar-refractivity contribution < 1.29 is 24.9 Å². The van der Waals surface area contributed by atoms with Crippen LogP contribution in [-0.2, 0) is 19.3 Å². The Morgan fingerprint density at radius 3 is 2.00 bits per heavy atom. The van der Waals surface area contributed by atoms with Gasteiger partial charge in [-0.2, -0.15) is 0 Å². The van der Waals surface area contributed by atoms with E-state index in [4.69, 9.17) is 4.74 Å². The molecule has 5 heteroatoms. The van der Waals surface area contributed by atoms with Crippen molar-refractivity contribution in [3.05, 3.63) is 81.0 Å². The number of phenols is 3. The normalized spacial score (nSPS) is 14.6. The van der Waals surface area contributed by atoms with Gasteiger partial charge in [-0.3, -0.25) is 4.79 Å². The average molecular weight is 477 g/mol. The largest absolute Gasteiger partial charge is 0.508 e. The molecule has 3 N–H and O–H groups in total. The molecular weight excluding hydrogens is 440 g/mol. The van der Waals surface area contributed by atoms with Crippen LogP contribution in [-0.4, -0.2) is 21.1 Å². The van der Waals surface area contributed by atoms with Crippen LogP contribution in [0.1, 0.15) is 86.7 Å². The first-order valence-electron chi connectivity index (χ1n) is 12.0. The molecule has 0 spiro atoms. The second-order valence-corrected chi connectivity index (χ2v) is 9.94. The number of hydrogen-bond acceptors (Lipinski definition) is 5. The van der Waals surface area contributed by atoms with Gasteiger partial charge in [0.05, 0.1) is 6.42 Å². The molecule has 1 aliphatic rings. The highest BCUT2D eigenvalue weighted by atomic mass is 16.5. The van der Waals surface area contributed by atoms with E-state index in [-0.39, 0.29) is 40.8 Å². The molecule has 0 saturated carbocycles. The predicted octanol–water partition coefficient (Wildman–Crippen LogP) is 7.04. The fourth-order valence-electron chi connectivity index (χ4n) is 4.10. The molecule has 0 radical (unpaired) electrons. The standard InChI is InChI=1S/C30H36O5/c1-17(2)7-10-20-11-12-21(15-24(20)31)26-16-25(32)27-29(34)22(13-8-18(3)4)28(33)23(30(27)35-26)14-9-19(5)6/h7-9,11-12,15,26,31,33-34H,10,13-14,16H2,1-6H3. The Balaban J connectivity index is 2.08. The van der Waals surface area contributed by atoms with Crippen molar-refractivity contribution in [2.45, 2.75) is 73.3 Å². The fourth-order valence-corrected chi connectivity index (χ4v) is 4.10. The summed E-state index contributed by atoms with van der Waals surface area (Å²) in [6, 6.07) is 5.33. The summed E-state index contributed by atoms with van der Waals surface area (Å²) in [6.07, 6.45) is 6.59. The molecule has 0 amide bonds. The molecule has 0 saturated heterocycles. The molecule has 2 aromatic rings. The van der Waals surface area contributed by atoms with Crippen LogP contribution in [0.2, 0.25) is 0 Å². The zero-order valence-corrected chi connectivity index (χ0v) is 21.5. The van der Waals surface area contributed by atoms with Gasteiger partial charge in [0.1, 0.15) is 34.7 Å². The molecule has 0 aliphatic carbocycles. The monoisotopic (exact) mass is 476 g/mol. The van der Waals surface area contributed by atoms with Gasteiger partial charge in [-0.15, -0.1) is 0 Å². The van der Waals surface area contributed by atoms with Crippen LogP contribution in [0.4, 0.5) is 0 Å². The first-order chi connectivity index (χ1) is 16.5. The van der Waals surface area contributed by atoms with Crippen molar-refractivity contribution >= 4 is 5.78 Å². The molecule has 1 heterocycles. The molecule has 2 aromatic carbocycles. The van der Waals surface area contributed by atoms with E-state index >= 15 is 0 Å². The number of aromatic hydroxyl groups is 3. The first-order valence-corrected chi connectivity index (χ1v) is 12.0. The molecule has 1 atom stereocenters. The SMILES string of the molecule is CC(C)=CCc1ccc(C2CC(=O)c3c(O)c(CC=C(C)C)c(O)c(CC=C(C)C)c3O2)cc1O. The van der Waals surface area contributed by atoms with Crippen molar-refractivity contribution in [2.75, 3.05) is 0 Å². The number of fused-ring (bicyclic) bond motifs is 1. The highest BCUT2D eigenvalue weighted by molar-refractivity contribution is 6.04. The molecule has 0 fully saturated rings. The number of Topliss-reactive ketones (excluding diaryl/α,β-unsaturated/α-hetero) is 1. The lowest BCUT2D eigenvalue weighted by atomic mass is 9.88. The lowest BCUT2D eigenvalue weighted by Crippen LogP contribution is -2.22. The smallest absolute Gasteiger partial charge is 0.174 e. The quantitative estimate of drug-likeness (QED) is 0.373. The molecule has 1 unspecified atom stereocenters. The predicted molar refractivity (Wildman–Crippen MR) is 140 cm³/mol. The summed E-state index contributed by atoms with van der Waals surface area (Å²) in [4.78, 5) is 13.3. The second kappa shape index (κ2) is 10.9. The van der Waals surface area contributed by atoms with Gasteiger partial charge in [0.2, 0.25) is 0 Å². The Kier molecular flexibility index (Phi) is 8.11. The summed E-state index contributed by atoms with van der Waals surface area (Å²) in [5.74, 6) is -0.162. The average Bonchev–Trinajstić information content (AvgIpc) is 2.77. The molecule has 1 aliphatic heterocycles. The van der Waals surface area contributed by atoms with Crippen LogP contribution in [0.3, 0.4) is 0 Å². The van der Waals surface area contributed by atoms with Crippen molar-refractivity contribution in [1.29, 1.82) is 0 Å². The van der Waals surface area contributed by atoms with E-state index < -0.39 is 6.10 Å². The van der Waals surface area contributed by atoms with E-state index in [1.807, 2.05) is 71.9 Å². The van der Waals surface area contributed by atoms with E-state index in [2.05, 4.69) is 0 Å². The van der Waals surface area contributed by atoms with Gasteiger partial charge in [-0.25, -0.2) is 0 Å². The van der Waals surface area contributed by atoms with Gasteiger partial charge in [-0.1, -0.05) is 47.1 Å². The maximum absolute atomic E-state index is 13.3. The number of carbonyl (C=O) groups excluding carboxylic acids is 1. The van der Waals surface area contributed by atoms with Gasteiger partial charge in [0.15, 0.2) is 5.78 Å². The van der Waals surface area contributed by atoms with E-state index in [0.29, 0.717) is 36.0 Å². The van der Waals surface area contributed by atoms with Gasteiger partial charge in [0.25, 0.3) is 0 Å². The van der Waals surface area contributed by atoms with E-state index in [1.54, 1.807) is 6.07 Å². The van der Waals surface area contributed by atoms with E-state index in [0.717, 1.165) is 16.7 Å². The minimum Gasteiger partial charge on any atom is -0.508 e. The molecule has 186 valence electrons. The number of hydrogen-bond donors (Lipinski definition) is 3.